The number of methoxy groups -OCH3 is 1. The Balaban J connectivity index is 0.00000300. The number of halogens is 3. The van der Waals surface area contributed by atoms with E-state index in [1.165, 1.54) is 7.11 Å². The molecule has 1 aromatic rings. The molecule has 3 amide bonds. The zero-order valence-electron chi connectivity index (χ0n) is 16.1. The monoisotopic (exact) mass is 463 g/mol. The van der Waals surface area contributed by atoms with Gasteiger partial charge in [0.2, 0.25) is 0 Å². The average molecular weight is 465 g/mol. The predicted molar refractivity (Wildman–Crippen MR) is 114 cm³/mol. The van der Waals surface area contributed by atoms with Crippen LogP contribution in [0.15, 0.2) is 12.1 Å². The van der Waals surface area contributed by atoms with E-state index in [0.717, 1.165) is 32.5 Å². The molecule has 2 N–H and O–H groups in total. The third kappa shape index (κ3) is 5.34. The number of likely N-dealkylation sites (tertiary alicyclic amines) is 1. The first-order valence-corrected chi connectivity index (χ1v) is 10.0. The van der Waals surface area contributed by atoms with E-state index in [1.54, 1.807) is 12.1 Å². The summed E-state index contributed by atoms with van der Waals surface area (Å²) in [6, 6.07) is 2.72. The van der Waals surface area contributed by atoms with E-state index >= 15 is 0 Å². The first kappa shape index (κ1) is 23.7. The van der Waals surface area contributed by atoms with Crippen molar-refractivity contribution in [2.75, 3.05) is 26.7 Å². The van der Waals surface area contributed by atoms with Gasteiger partial charge >= 0.3 is 6.03 Å². The second kappa shape index (κ2) is 9.98. The number of hydrogen-bond donors (Lipinski definition) is 2. The van der Waals surface area contributed by atoms with E-state index in [2.05, 4.69) is 15.5 Å². The Labute approximate surface area is 185 Å². The van der Waals surface area contributed by atoms with Crippen LogP contribution in [0.1, 0.15) is 42.5 Å². The first-order valence-electron chi connectivity index (χ1n) is 9.27. The SMILES string of the molecule is COc1c(Cl)cc(Cl)cc1C(=O)CCCCN1CCC2(CC1)NC(=O)NC2=O.Cl. The van der Waals surface area contributed by atoms with Gasteiger partial charge in [-0.2, -0.15) is 0 Å². The average Bonchev–Trinajstić information content (AvgIpc) is 2.92. The maximum Gasteiger partial charge on any atom is 0.322 e. The minimum absolute atomic E-state index is 0. The van der Waals surface area contributed by atoms with Crippen LogP contribution < -0.4 is 15.4 Å². The van der Waals surface area contributed by atoms with Crippen LogP contribution in [-0.2, 0) is 4.79 Å². The highest BCUT2D eigenvalue weighted by Crippen LogP contribution is 2.33. The maximum atomic E-state index is 12.5. The minimum Gasteiger partial charge on any atom is -0.494 e. The number of ketones is 1. The standard InChI is InChI=1S/C19H23Cl2N3O4.ClH/c1-28-16-13(10-12(20)11-14(16)21)15(25)4-2-3-7-24-8-5-19(6-9-24)17(26)22-18(27)23-19;/h10-11H,2-9H2,1H3,(H2,22,23,26,27);1H. The Kier molecular flexibility index (Phi) is 8.17. The normalized spacial score (nSPS) is 18.2. The number of nitrogens with zero attached hydrogens (tertiary/aromatic N) is 1. The molecule has 0 saturated carbocycles. The number of benzene rings is 1. The van der Waals surface area contributed by atoms with E-state index < -0.39 is 11.6 Å². The molecule has 2 saturated heterocycles. The van der Waals surface area contributed by atoms with Crippen LogP contribution >= 0.6 is 35.6 Å². The van der Waals surface area contributed by atoms with Gasteiger partial charge in [-0.05, 0) is 44.4 Å². The van der Waals surface area contributed by atoms with Crippen LogP contribution in [0.5, 0.6) is 5.75 Å². The molecule has 2 heterocycles. The van der Waals surface area contributed by atoms with Crippen LogP contribution in [0.3, 0.4) is 0 Å². The summed E-state index contributed by atoms with van der Waals surface area (Å²) in [7, 11) is 1.47. The number of unbranched alkanes of at least 4 members (excludes halogenated alkanes) is 1. The second-order valence-electron chi connectivity index (χ2n) is 7.18. The van der Waals surface area contributed by atoms with Crippen LogP contribution in [0.2, 0.25) is 10.0 Å². The molecule has 1 aromatic carbocycles. The molecule has 0 radical (unpaired) electrons. The summed E-state index contributed by atoms with van der Waals surface area (Å²) in [5.74, 6) is 0.0790. The number of ether oxygens (including phenoxy) is 1. The fourth-order valence-electron chi connectivity index (χ4n) is 3.77. The Morgan fingerprint density at radius 2 is 1.90 bits per heavy atom. The number of carbonyl (C=O) groups is 3. The van der Waals surface area contributed by atoms with E-state index in [-0.39, 0.29) is 24.1 Å². The lowest BCUT2D eigenvalue weighted by Crippen LogP contribution is -2.54. The summed E-state index contributed by atoms with van der Waals surface area (Å²) in [5, 5.41) is 5.80. The van der Waals surface area contributed by atoms with Crippen LogP contribution in [-0.4, -0.2) is 54.9 Å². The molecule has 29 heavy (non-hydrogen) atoms. The van der Waals surface area contributed by atoms with Crippen LogP contribution in [0.25, 0.3) is 0 Å². The number of urea groups is 1. The van der Waals surface area contributed by atoms with Crippen molar-refractivity contribution in [3.05, 3.63) is 27.7 Å². The fourth-order valence-corrected chi connectivity index (χ4v) is 4.34. The molecule has 0 unspecified atom stereocenters. The van der Waals surface area contributed by atoms with Gasteiger partial charge in [0.1, 0.15) is 11.3 Å². The van der Waals surface area contributed by atoms with E-state index in [1.807, 2.05) is 0 Å². The molecule has 10 heteroatoms. The summed E-state index contributed by atoms with van der Waals surface area (Å²) in [4.78, 5) is 38.1. The third-order valence-electron chi connectivity index (χ3n) is 5.37. The fraction of sp³-hybridized carbons (Fsp3) is 0.526. The Morgan fingerprint density at radius 1 is 1.21 bits per heavy atom. The molecule has 2 aliphatic rings. The predicted octanol–water partition coefficient (Wildman–Crippen LogP) is 3.45. The smallest absolute Gasteiger partial charge is 0.322 e. The lowest BCUT2D eigenvalue weighted by Gasteiger charge is -2.36. The number of amides is 3. The number of imide groups is 1. The highest BCUT2D eigenvalue weighted by atomic mass is 35.5. The zero-order chi connectivity index (χ0) is 20.3. The molecule has 7 nitrogen and oxygen atoms in total. The van der Waals surface area contributed by atoms with Crippen molar-refractivity contribution in [3.8, 4) is 5.75 Å². The summed E-state index contributed by atoms with van der Waals surface area (Å²) in [6.07, 6.45) is 3.16. The largest absolute Gasteiger partial charge is 0.494 e. The number of nitrogens with one attached hydrogen (secondary N) is 2. The summed E-state index contributed by atoms with van der Waals surface area (Å²) >= 11 is 12.1. The number of hydrogen-bond acceptors (Lipinski definition) is 5. The van der Waals surface area contributed by atoms with Gasteiger partial charge in [0, 0.05) is 24.5 Å². The van der Waals surface area contributed by atoms with Crippen molar-refractivity contribution >= 4 is 53.3 Å². The van der Waals surface area contributed by atoms with Gasteiger partial charge in [-0.1, -0.05) is 23.2 Å². The van der Waals surface area contributed by atoms with Gasteiger partial charge in [-0.15, -0.1) is 12.4 Å². The van der Waals surface area contributed by atoms with Gasteiger partial charge in [0.15, 0.2) is 5.78 Å². The van der Waals surface area contributed by atoms with Gasteiger partial charge in [0.05, 0.1) is 17.7 Å². The number of Topliss-reactive ketones (excluding diaryl/α,β-unsaturated/α-hetero) is 1. The van der Waals surface area contributed by atoms with E-state index in [9.17, 15) is 14.4 Å². The lowest BCUT2D eigenvalue weighted by molar-refractivity contribution is -0.125. The summed E-state index contributed by atoms with van der Waals surface area (Å²) in [5.41, 5.74) is -0.339. The molecule has 0 atom stereocenters. The van der Waals surface area contributed by atoms with Gasteiger partial charge in [-0.3, -0.25) is 14.9 Å². The summed E-state index contributed by atoms with van der Waals surface area (Å²) < 4.78 is 5.23. The van der Waals surface area contributed by atoms with Crippen molar-refractivity contribution < 1.29 is 19.1 Å². The van der Waals surface area contributed by atoms with Gasteiger partial charge in [0.25, 0.3) is 5.91 Å². The molecule has 1 spiro atoms. The highest BCUT2D eigenvalue weighted by Gasteiger charge is 2.47. The minimum atomic E-state index is -0.744. The second-order valence-corrected chi connectivity index (χ2v) is 8.02. The quantitative estimate of drug-likeness (QED) is 0.367. The van der Waals surface area contributed by atoms with Crippen LogP contribution in [0.4, 0.5) is 4.79 Å². The molecule has 0 aromatic heterocycles. The highest BCUT2D eigenvalue weighted by molar-refractivity contribution is 6.36. The third-order valence-corrected chi connectivity index (χ3v) is 5.86. The van der Waals surface area contributed by atoms with Crippen molar-refractivity contribution in [2.45, 2.75) is 37.6 Å². The molecular weight excluding hydrogens is 441 g/mol. The zero-order valence-corrected chi connectivity index (χ0v) is 18.4. The molecule has 0 bridgehead atoms. The molecule has 160 valence electrons. The van der Waals surface area contributed by atoms with Crippen molar-refractivity contribution in [3.63, 3.8) is 0 Å². The van der Waals surface area contributed by atoms with Crippen molar-refractivity contribution in [1.29, 1.82) is 0 Å². The Hall–Kier alpha value is -1.54. The number of piperidine rings is 1. The molecule has 3 rings (SSSR count). The van der Waals surface area contributed by atoms with E-state index in [4.69, 9.17) is 27.9 Å². The number of rotatable bonds is 7. The molecule has 2 fully saturated rings. The Bertz CT molecular complexity index is 795. The first-order chi connectivity index (χ1) is 13.3. The molecule has 2 aliphatic heterocycles. The number of carbonyl (C=O) groups excluding carboxylic acids is 3. The Morgan fingerprint density at radius 3 is 2.48 bits per heavy atom. The van der Waals surface area contributed by atoms with E-state index in [0.29, 0.717) is 40.6 Å². The van der Waals surface area contributed by atoms with Crippen molar-refractivity contribution in [2.24, 2.45) is 0 Å². The maximum absolute atomic E-state index is 12.5. The van der Waals surface area contributed by atoms with Gasteiger partial charge in [-0.25, -0.2) is 4.79 Å². The van der Waals surface area contributed by atoms with Crippen molar-refractivity contribution in [1.82, 2.24) is 15.5 Å². The van der Waals surface area contributed by atoms with Gasteiger partial charge < -0.3 is 15.0 Å². The molecule has 0 aliphatic carbocycles. The topological polar surface area (TPSA) is 87.7 Å². The summed E-state index contributed by atoms with van der Waals surface area (Å²) in [6.45, 7) is 2.31. The van der Waals surface area contributed by atoms with Crippen LogP contribution in [0, 0.1) is 0 Å². The molecular formula is C19H24Cl3N3O4. The lowest BCUT2D eigenvalue weighted by atomic mass is 9.87.